The third-order valence-electron chi connectivity index (χ3n) is 8.37. The van der Waals surface area contributed by atoms with Crippen molar-refractivity contribution in [2.75, 3.05) is 18.5 Å². The molecule has 3 aromatic rings. The summed E-state index contributed by atoms with van der Waals surface area (Å²) in [6.07, 6.45) is -4.03. The number of rotatable bonds is 18. The first kappa shape index (κ1) is 42.7. The number of amides is 1. The minimum absolute atomic E-state index is 0. The van der Waals surface area contributed by atoms with Crippen LogP contribution in [0.1, 0.15) is 63.0 Å². The Hall–Kier alpha value is -3.70. The van der Waals surface area contributed by atoms with Crippen molar-refractivity contribution in [1.29, 1.82) is 0 Å². The van der Waals surface area contributed by atoms with Crippen molar-refractivity contribution in [2.45, 2.75) is 90.1 Å². The first-order valence-corrected chi connectivity index (χ1v) is 17.1. The SMILES string of the molecule is CC(C)=CCCC(C)CCOC(OCCc1ccccc1)c1ccc(NC(=O)OCc2ccc(O[C@@H]3O[C@H](C(=O)[O-])[C@@H](O)[C@H](O)[C@H]3O)cc2)cc1.[Li+]. The molecule has 52 heavy (non-hydrogen) atoms. The summed E-state index contributed by atoms with van der Waals surface area (Å²) in [6.45, 7) is 7.42. The number of anilines is 1. The number of ether oxygens (including phenoxy) is 5. The second-order valence-corrected chi connectivity index (χ2v) is 12.9. The molecule has 3 aromatic carbocycles. The van der Waals surface area contributed by atoms with Crippen molar-refractivity contribution in [3.8, 4) is 5.75 Å². The topological polar surface area (TPSA) is 176 Å². The number of carboxylic acid groups (broad SMARTS) is 1. The normalized spacial score (nSPS) is 20.8. The van der Waals surface area contributed by atoms with Crippen LogP contribution in [0.4, 0.5) is 10.5 Å². The summed E-state index contributed by atoms with van der Waals surface area (Å²) in [6, 6.07) is 23.5. The average Bonchev–Trinajstić information content (AvgIpc) is 3.11. The van der Waals surface area contributed by atoms with Crippen LogP contribution >= 0.6 is 0 Å². The maximum atomic E-state index is 12.6. The van der Waals surface area contributed by atoms with Gasteiger partial charge in [-0.1, -0.05) is 73.2 Å². The molecule has 0 aliphatic carbocycles. The molecule has 7 atom stereocenters. The van der Waals surface area contributed by atoms with Crippen molar-refractivity contribution in [3.05, 3.63) is 107 Å². The van der Waals surface area contributed by atoms with E-state index in [0.29, 0.717) is 30.4 Å². The van der Waals surface area contributed by atoms with Gasteiger partial charge in [0.25, 0.3) is 0 Å². The van der Waals surface area contributed by atoms with Crippen LogP contribution in [0.25, 0.3) is 0 Å². The maximum Gasteiger partial charge on any atom is 1.00 e. The average molecular weight is 714 g/mol. The molecule has 1 saturated heterocycles. The molecule has 12 nitrogen and oxygen atoms in total. The second kappa shape index (κ2) is 21.7. The zero-order valence-corrected chi connectivity index (χ0v) is 30.2. The van der Waals surface area contributed by atoms with Gasteiger partial charge in [-0.3, -0.25) is 5.32 Å². The van der Waals surface area contributed by atoms with E-state index >= 15 is 0 Å². The Morgan fingerprint density at radius 3 is 2.19 bits per heavy atom. The van der Waals surface area contributed by atoms with E-state index in [0.717, 1.165) is 31.2 Å². The molecule has 0 saturated carbocycles. The monoisotopic (exact) mass is 713 g/mol. The zero-order chi connectivity index (χ0) is 36.8. The Kier molecular flexibility index (Phi) is 17.9. The van der Waals surface area contributed by atoms with E-state index in [1.54, 1.807) is 24.3 Å². The summed E-state index contributed by atoms with van der Waals surface area (Å²) in [5, 5.41) is 43.8. The van der Waals surface area contributed by atoms with E-state index in [4.69, 9.17) is 23.7 Å². The molecule has 4 N–H and O–H groups in total. The van der Waals surface area contributed by atoms with Gasteiger partial charge in [0, 0.05) is 11.3 Å². The molecule has 1 aliphatic heterocycles. The molecule has 276 valence electrons. The van der Waals surface area contributed by atoms with Gasteiger partial charge in [0.2, 0.25) is 6.29 Å². The van der Waals surface area contributed by atoms with Gasteiger partial charge in [0.15, 0.2) is 6.29 Å². The molecule has 1 heterocycles. The van der Waals surface area contributed by atoms with Crippen LogP contribution in [0, 0.1) is 5.92 Å². The minimum Gasteiger partial charge on any atom is -0.547 e. The molecular formula is C39H48LiNO11. The van der Waals surface area contributed by atoms with Gasteiger partial charge in [-0.15, -0.1) is 0 Å². The Bertz CT molecular complexity index is 1530. The third kappa shape index (κ3) is 13.7. The number of nitrogens with one attached hydrogen (secondary N) is 1. The van der Waals surface area contributed by atoms with Gasteiger partial charge in [-0.25, -0.2) is 4.79 Å². The number of carboxylic acids is 1. The quantitative estimate of drug-likeness (QED) is 0.0853. The van der Waals surface area contributed by atoms with Crippen LogP contribution in [0.3, 0.4) is 0 Å². The zero-order valence-electron chi connectivity index (χ0n) is 30.2. The molecule has 1 amide bonds. The molecule has 1 aliphatic rings. The summed E-state index contributed by atoms with van der Waals surface area (Å²) in [7, 11) is 0. The summed E-state index contributed by atoms with van der Waals surface area (Å²) in [5.41, 5.74) is 4.47. The van der Waals surface area contributed by atoms with Crippen LogP contribution in [0.2, 0.25) is 0 Å². The van der Waals surface area contributed by atoms with E-state index < -0.39 is 49.1 Å². The maximum absolute atomic E-state index is 12.6. The minimum atomic E-state index is -1.88. The van der Waals surface area contributed by atoms with E-state index in [9.17, 15) is 30.0 Å². The number of allylic oxidation sites excluding steroid dienone is 2. The molecule has 4 rings (SSSR count). The number of hydrogen-bond acceptors (Lipinski definition) is 11. The predicted octanol–water partition coefficient (Wildman–Crippen LogP) is 1.42. The molecule has 2 unspecified atom stereocenters. The van der Waals surface area contributed by atoms with E-state index in [-0.39, 0.29) is 31.2 Å². The second-order valence-electron chi connectivity index (χ2n) is 12.9. The van der Waals surface area contributed by atoms with Gasteiger partial charge in [-0.05, 0) is 80.8 Å². The number of benzene rings is 3. The molecule has 0 aromatic heterocycles. The fraction of sp³-hybridized carbons (Fsp3) is 0.436. The number of hydrogen-bond donors (Lipinski definition) is 4. The third-order valence-corrected chi connectivity index (χ3v) is 8.37. The van der Waals surface area contributed by atoms with Crippen molar-refractivity contribution in [2.24, 2.45) is 5.92 Å². The van der Waals surface area contributed by atoms with Gasteiger partial charge in [0.05, 0.1) is 19.2 Å². The fourth-order valence-electron chi connectivity index (χ4n) is 5.31. The van der Waals surface area contributed by atoms with Crippen LogP contribution in [0.15, 0.2) is 90.5 Å². The van der Waals surface area contributed by atoms with Crippen molar-refractivity contribution in [3.63, 3.8) is 0 Å². The smallest absolute Gasteiger partial charge is 0.547 e. The van der Waals surface area contributed by atoms with Gasteiger partial charge < -0.3 is 48.9 Å². The molecule has 0 spiro atoms. The van der Waals surface area contributed by atoms with Crippen molar-refractivity contribution < 1.29 is 72.6 Å². The Labute approximate surface area is 316 Å². The number of aliphatic hydroxyl groups is 3. The summed E-state index contributed by atoms with van der Waals surface area (Å²) < 4.78 is 28.3. The number of carbonyl (C=O) groups excluding carboxylic acids is 2. The standard InChI is InChI=1S/C39H49NO11.Li/c1-25(2)8-7-9-26(3)20-22-47-37(48-23-21-27-10-5-4-6-11-27)29-14-16-30(17-15-29)40-39(46)49-24-28-12-18-31(19-13-28)50-38-34(43)32(41)33(42)35(51-38)36(44)45;/h4-6,8,10-19,26,32-35,37-38,41-43H,7,9,20-24H2,1-3H3,(H,40,46)(H,44,45);/q;+1/p-1/t26?,32-,33-,34+,35-,37?,38+;/m0./s1. The Morgan fingerprint density at radius 1 is 0.865 bits per heavy atom. The Balaban J connectivity index is 0.00000729. The van der Waals surface area contributed by atoms with Crippen molar-refractivity contribution in [1.82, 2.24) is 0 Å². The molecular weight excluding hydrogens is 665 g/mol. The number of carbonyl (C=O) groups is 2. The van der Waals surface area contributed by atoms with Crippen LogP contribution in [-0.2, 0) is 36.8 Å². The first-order valence-electron chi connectivity index (χ1n) is 17.1. The van der Waals surface area contributed by atoms with E-state index in [2.05, 4.69) is 44.3 Å². The van der Waals surface area contributed by atoms with Gasteiger partial charge >= 0.3 is 25.0 Å². The number of aliphatic hydroxyl groups excluding tert-OH is 3. The van der Waals surface area contributed by atoms with E-state index in [1.165, 1.54) is 23.3 Å². The molecule has 13 heteroatoms. The summed E-state index contributed by atoms with van der Waals surface area (Å²) in [5.74, 6) is -1.07. The predicted molar refractivity (Wildman–Crippen MR) is 186 cm³/mol. The van der Waals surface area contributed by atoms with Crippen LogP contribution in [-0.4, -0.2) is 71.3 Å². The molecule has 0 radical (unpaired) electrons. The summed E-state index contributed by atoms with van der Waals surface area (Å²) >= 11 is 0. The van der Waals surface area contributed by atoms with Crippen LogP contribution in [0.5, 0.6) is 5.75 Å². The fourth-order valence-corrected chi connectivity index (χ4v) is 5.31. The Morgan fingerprint density at radius 2 is 1.54 bits per heavy atom. The van der Waals surface area contributed by atoms with Gasteiger partial charge in [0.1, 0.15) is 36.8 Å². The summed E-state index contributed by atoms with van der Waals surface area (Å²) in [4.78, 5) is 23.8. The largest absolute Gasteiger partial charge is 1.00 e. The number of aliphatic carboxylic acids is 1. The molecule has 1 fully saturated rings. The van der Waals surface area contributed by atoms with E-state index in [1.807, 2.05) is 30.3 Å². The van der Waals surface area contributed by atoms with Gasteiger partial charge in [-0.2, -0.15) is 0 Å². The molecule has 0 bridgehead atoms. The van der Waals surface area contributed by atoms with Crippen molar-refractivity contribution >= 4 is 17.7 Å². The first-order chi connectivity index (χ1) is 24.5. The van der Waals surface area contributed by atoms with Crippen LogP contribution < -0.4 is 34.0 Å².